The lowest BCUT2D eigenvalue weighted by atomic mass is 11.8. The molecule has 0 amide bonds. The van der Waals surface area contributed by atoms with Gasteiger partial charge in [0.15, 0.2) is 0 Å². The molecular formula is C18H54Cl2N4P2Si6. The molecule has 2 unspecified atom stereocenters. The molecule has 4 nitrogen and oxygen atoms in total. The van der Waals surface area contributed by atoms with Crippen LogP contribution in [0.15, 0.2) is 0 Å². The highest BCUT2D eigenvalue weighted by molar-refractivity contribution is 8.47. The van der Waals surface area contributed by atoms with Crippen molar-refractivity contribution in [2.24, 2.45) is 0 Å². The Labute approximate surface area is 220 Å². The van der Waals surface area contributed by atoms with Crippen LogP contribution in [0, 0.1) is 0 Å². The zero-order valence-electron chi connectivity index (χ0n) is 24.4. The minimum Gasteiger partial charge on any atom is -0.285 e. The summed E-state index contributed by atoms with van der Waals surface area (Å²) in [6.45, 7) is 44.4. The summed E-state index contributed by atoms with van der Waals surface area (Å²) in [4.78, 5) is 0. The summed E-state index contributed by atoms with van der Waals surface area (Å²) in [5.74, 6) is 0. The van der Waals surface area contributed by atoms with Crippen LogP contribution in [0.25, 0.3) is 0 Å². The highest BCUT2D eigenvalue weighted by atomic mass is 35.7. The summed E-state index contributed by atoms with van der Waals surface area (Å²) in [7, 11) is -12.2. The molecule has 0 aromatic carbocycles. The van der Waals surface area contributed by atoms with Crippen LogP contribution in [0.5, 0.6) is 0 Å². The van der Waals surface area contributed by atoms with Crippen molar-refractivity contribution in [2.45, 2.75) is 118 Å². The fourth-order valence-corrected chi connectivity index (χ4v) is 56.1. The van der Waals surface area contributed by atoms with Gasteiger partial charge >= 0.3 is 0 Å². The van der Waals surface area contributed by atoms with Crippen molar-refractivity contribution in [3.63, 3.8) is 0 Å². The maximum Gasteiger partial charge on any atom is 0.142 e. The lowest BCUT2D eigenvalue weighted by Gasteiger charge is -2.60. The van der Waals surface area contributed by atoms with Gasteiger partial charge in [0.05, 0.1) is 0 Å². The van der Waals surface area contributed by atoms with E-state index >= 15 is 0 Å². The Balaban J connectivity index is 6.89. The normalized spacial score (nSPS) is 17.6. The van der Waals surface area contributed by atoms with Crippen molar-refractivity contribution >= 4 is 86.1 Å². The van der Waals surface area contributed by atoms with Crippen molar-refractivity contribution in [1.82, 2.24) is 17.6 Å². The van der Waals surface area contributed by atoms with E-state index in [4.69, 9.17) is 22.5 Å². The summed E-state index contributed by atoms with van der Waals surface area (Å²) < 4.78 is 11.1. The molecule has 14 heteroatoms. The van der Waals surface area contributed by atoms with Crippen molar-refractivity contribution in [1.29, 1.82) is 0 Å². The predicted octanol–water partition coefficient (Wildman–Crippen LogP) is 10.1. The highest BCUT2D eigenvalue weighted by Crippen LogP contribution is 2.81. The third-order valence-corrected chi connectivity index (χ3v) is 36.6. The predicted molar refractivity (Wildman–Crippen MR) is 173 cm³/mol. The first kappa shape index (κ1) is 34.6. The first-order chi connectivity index (χ1) is 13.6. The highest BCUT2D eigenvalue weighted by Gasteiger charge is 2.52. The number of hydrazine groups is 2. The van der Waals surface area contributed by atoms with Crippen LogP contribution in [0.3, 0.4) is 0 Å². The Morgan fingerprint density at radius 1 is 0.344 bits per heavy atom. The van der Waals surface area contributed by atoms with E-state index in [1.54, 1.807) is 0 Å². The second kappa shape index (κ2) is 11.1. The summed E-state index contributed by atoms with van der Waals surface area (Å²) >= 11 is 15.3. The molecule has 0 fully saturated rings. The van der Waals surface area contributed by atoms with Gasteiger partial charge in [0.25, 0.3) is 0 Å². The van der Waals surface area contributed by atoms with Crippen LogP contribution in [-0.4, -0.2) is 67.0 Å². The minimum absolute atomic E-state index is 1.04. The largest absolute Gasteiger partial charge is 0.285 e. The first-order valence-electron chi connectivity index (χ1n) is 11.7. The van der Waals surface area contributed by atoms with Gasteiger partial charge in [-0.2, -0.15) is 0 Å². The average molecular weight is 628 g/mol. The molecule has 0 saturated carbocycles. The zero-order chi connectivity index (χ0) is 26.5. The third kappa shape index (κ3) is 9.47. The first-order valence-corrected chi connectivity index (χ1v) is 37.5. The van der Waals surface area contributed by atoms with Crippen LogP contribution >= 0.6 is 36.7 Å². The second-order valence-corrected chi connectivity index (χ2v) is 52.3. The summed E-state index contributed by atoms with van der Waals surface area (Å²) in [6, 6.07) is 0. The van der Waals surface area contributed by atoms with E-state index in [1.165, 1.54) is 0 Å². The Bertz CT molecular complexity index is 540. The number of rotatable bonds is 11. The molecule has 0 aromatic rings. The van der Waals surface area contributed by atoms with Crippen LogP contribution in [0.2, 0.25) is 118 Å². The molecule has 0 spiro atoms. The lowest BCUT2D eigenvalue weighted by Crippen LogP contribution is -2.71. The SMILES string of the molecule is C[Si](C)(C)N(N([Si](C)(C)C)[Si](C)(C)C)P(Cl)P(Cl)N(N([Si](C)(C)C)[Si](C)(C)C)[Si](C)(C)C. The van der Waals surface area contributed by atoms with Crippen molar-refractivity contribution < 1.29 is 0 Å². The zero-order valence-corrected chi connectivity index (χ0v) is 33.7. The smallest absolute Gasteiger partial charge is 0.142 e. The Hall–Kier alpha value is 2.58. The molecule has 194 valence electrons. The Morgan fingerprint density at radius 3 is 0.594 bits per heavy atom. The van der Waals surface area contributed by atoms with Gasteiger partial charge in [0.2, 0.25) is 0 Å². The second-order valence-electron chi connectivity index (χ2n) is 14.7. The molecule has 0 bridgehead atoms. The van der Waals surface area contributed by atoms with Gasteiger partial charge < -0.3 is 0 Å². The molecule has 0 radical (unpaired) electrons. The lowest BCUT2D eigenvalue weighted by molar-refractivity contribution is 0.379. The van der Waals surface area contributed by atoms with Gasteiger partial charge in [-0.3, -0.25) is 8.68 Å². The van der Waals surface area contributed by atoms with Crippen LogP contribution in [-0.2, 0) is 0 Å². The molecule has 0 aliphatic rings. The molecule has 0 aliphatic carbocycles. The van der Waals surface area contributed by atoms with Gasteiger partial charge in [-0.1, -0.05) is 140 Å². The molecule has 32 heavy (non-hydrogen) atoms. The van der Waals surface area contributed by atoms with E-state index in [2.05, 4.69) is 135 Å². The van der Waals surface area contributed by atoms with Gasteiger partial charge in [0, 0.05) is 0 Å². The summed E-state index contributed by atoms with van der Waals surface area (Å²) in [6.07, 6.45) is 0. The Morgan fingerprint density at radius 2 is 0.500 bits per heavy atom. The number of hydrogen-bond acceptors (Lipinski definition) is 4. The molecule has 2 atom stereocenters. The monoisotopic (exact) mass is 626 g/mol. The summed E-state index contributed by atoms with van der Waals surface area (Å²) in [5.41, 5.74) is 0. The van der Waals surface area contributed by atoms with Crippen molar-refractivity contribution in [3.8, 4) is 0 Å². The van der Waals surface area contributed by atoms with E-state index in [-0.39, 0.29) is 0 Å². The molecule has 0 aromatic heterocycles. The minimum atomic E-state index is -1.78. The number of nitrogens with zero attached hydrogens (tertiary/aromatic N) is 4. The van der Waals surface area contributed by atoms with Crippen molar-refractivity contribution in [3.05, 3.63) is 0 Å². The third-order valence-electron chi connectivity index (χ3n) is 4.57. The maximum absolute atomic E-state index is 7.64. The van der Waals surface area contributed by atoms with Crippen LogP contribution in [0.1, 0.15) is 0 Å². The topological polar surface area (TPSA) is 13.0 Å². The summed E-state index contributed by atoms with van der Waals surface area (Å²) in [5, 5.41) is 0. The molecular weight excluding hydrogens is 574 g/mol. The van der Waals surface area contributed by atoms with Crippen molar-refractivity contribution in [2.75, 3.05) is 0 Å². The fourth-order valence-electron chi connectivity index (χ4n) is 4.53. The van der Waals surface area contributed by atoms with E-state index in [9.17, 15) is 0 Å². The van der Waals surface area contributed by atoms with Gasteiger partial charge in [0.1, 0.15) is 63.6 Å². The van der Waals surface area contributed by atoms with E-state index in [0.717, 1.165) is 0 Å². The Kier molecular flexibility index (Phi) is 12.0. The number of hydrogen-bond donors (Lipinski definition) is 0. The quantitative estimate of drug-likeness (QED) is 0.128. The molecule has 0 aliphatic heterocycles. The maximum atomic E-state index is 7.64. The van der Waals surface area contributed by atoms with E-state index in [0.29, 0.717) is 0 Å². The molecule has 0 N–H and O–H groups in total. The van der Waals surface area contributed by atoms with Crippen LogP contribution < -0.4 is 0 Å². The van der Waals surface area contributed by atoms with Gasteiger partial charge in [-0.25, -0.2) is 8.89 Å². The standard InChI is InChI=1S/C18H54Cl2N4P2Si6/c1-27(2,3)21(23(29(7,8)9)30(10,11)12)25(19)26(20)22(28(4,5)6)24(31(13,14)15)32(16,17)18/h1-18H3. The van der Waals surface area contributed by atoms with E-state index < -0.39 is 63.6 Å². The van der Waals surface area contributed by atoms with E-state index in [1.807, 2.05) is 0 Å². The average Bonchev–Trinajstić information content (AvgIpc) is 2.40. The van der Waals surface area contributed by atoms with Gasteiger partial charge in [-0.05, 0) is 0 Å². The number of halogens is 2. The fraction of sp³-hybridized carbons (Fsp3) is 1.00. The van der Waals surface area contributed by atoms with Gasteiger partial charge in [-0.15, -0.1) is 0 Å². The molecule has 0 rings (SSSR count). The molecule has 0 heterocycles. The van der Waals surface area contributed by atoms with Crippen LogP contribution in [0.4, 0.5) is 0 Å². The molecule has 0 saturated heterocycles.